The molecule has 5 heterocycles. The molecule has 11 heteroatoms. The molecule has 0 radical (unpaired) electrons. The number of imidazole rings is 1. The SMILES string of the molecule is Nc1ncc(F)n2c(C3CCC4CCC(=O)N4C3)nc(-c3ccc(C(=O)Nc4cc(C5CC5)ccn4)cc3F)c12. The Kier molecular flexibility index (Phi) is 5.76. The molecule has 2 amide bonds. The van der Waals surface area contributed by atoms with E-state index in [1.807, 2.05) is 17.0 Å². The highest BCUT2D eigenvalue weighted by Crippen LogP contribution is 2.41. The second-order valence-corrected chi connectivity index (χ2v) is 10.9. The van der Waals surface area contributed by atoms with Crippen molar-refractivity contribution in [3.8, 4) is 11.3 Å². The summed E-state index contributed by atoms with van der Waals surface area (Å²) in [7, 11) is 0. The van der Waals surface area contributed by atoms with Crippen molar-refractivity contribution in [2.24, 2.45) is 0 Å². The number of aromatic nitrogens is 4. The third-order valence-electron chi connectivity index (χ3n) is 8.31. The minimum atomic E-state index is -0.707. The van der Waals surface area contributed by atoms with E-state index in [2.05, 4.69) is 15.3 Å². The van der Waals surface area contributed by atoms with Crippen LogP contribution in [0.5, 0.6) is 0 Å². The maximum atomic E-state index is 15.6. The van der Waals surface area contributed by atoms with E-state index < -0.39 is 17.7 Å². The fraction of sp³-hybridized carbons (Fsp3) is 0.345. The highest BCUT2D eigenvalue weighted by Gasteiger charge is 2.39. The van der Waals surface area contributed by atoms with Crippen LogP contribution in [0.15, 0.2) is 42.7 Å². The molecule has 1 aliphatic carbocycles. The zero-order chi connectivity index (χ0) is 27.5. The van der Waals surface area contributed by atoms with Crippen LogP contribution in [0.25, 0.3) is 16.8 Å². The molecule has 40 heavy (non-hydrogen) atoms. The fourth-order valence-electron chi connectivity index (χ4n) is 6.09. The van der Waals surface area contributed by atoms with E-state index in [0.717, 1.165) is 43.5 Å². The van der Waals surface area contributed by atoms with Crippen LogP contribution in [-0.4, -0.2) is 48.7 Å². The van der Waals surface area contributed by atoms with Gasteiger partial charge in [-0.2, -0.15) is 4.39 Å². The number of fused-ring (bicyclic) bond motifs is 2. The summed E-state index contributed by atoms with van der Waals surface area (Å²) in [6.45, 7) is 0.418. The van der Waals surface area contributed by atoms with Crippen molar-refractivity contribution >= 4 is 29.0 Å². The van der Waals surface area contributed by atoms with Gasteiger partial charge in [-0.15, -0.1) is 0 Å². The van der Waals surface area contributed by atoms with Crippen molar-refractivity contribution in [3.05, 3.63) is 71.4 Å². The molecule has 9 nitrogen and oxygen atoms in total. The maximum Gasteiger partial charge on any atom is 0.256 e. The van der Waals surface area contributed by atoms with Crippen LogP contribution in [0.4, 0.5) is 20.4 Å². The topological polar surface area (TPSA) is 119 Å². The van der Waals surface area contributed by atoms with E-state index in [1.54, 1.807) is 6.20 Å². The molecule has 3 aromatic heterocycles. The van der Waals surface area contributed by atoms with Gasteiger partial charge in [0, 0.05) is 42.2 Å². The minimum absolute atomic E-state index is 0.00363. The number of carbonyl (C=O) groups excluding carboxylic acids is 2. The first-order valence-corrected chi connectivity index (χ1v) is 13.6. The number of amides is 2. The van der Waals surface area contributed by atoms with Crippen molar-refractivity contribution < 1.29 is 18.4 Å². The molecule has 3 N–H and O–H groups in total. The number of piperidine rings is 1. The van der Waals surface area contributed by atoms with Gasteiger partial charge in [0.05, 0.1) is 6.20 Å². The van der Waals surface area contributed by atoms with E-state index in [0.29, 0.717) is 36.9 Å². The monoisotopic (exact) mass is 543 g/mol. The zero-order valence-corrected chi connectivity index (χ0v) is 21.6. The Morgan fingerprint density at radius 1 is 1.02 bits per heavy atom. The number of nitrogens with one attached hydrogen (secondary N) is 1. The third kappa shape index (κ3) is 4.16. The smallest absolute Gasteiger partial charge is 0.256 e. The predicted molar refractivity (Wildman–Crippen MR) is 144 cm³/mol. The van der Waals surface area contributed by atoms with Crippen LogP contribution in [0.1, 0.15) is 72.1 Å². The molecule has 0 spiro atoms. The Morgan fingerprint density at radius 3 is 2.65 bits per heavy atom. The summed E-state index contributed by atoms with van der Waals surface area (Å²) < 4.78 is 32.1. The van der Waals surface area contributed by atoms with Gasteiger partial charge in [0.25, 0.3) is 5.91 Å². The van der Waals surface area contributed by atoms with E-state index in [-0.39, 0.29) is 46.0 Å². The molecular formula is C29H27F2N7O2. The van der Waals surface area contributed by atoms with E-state index in [1.165, 1.54) is 16.5 Å². The van der Waals surface area contributed by atoms with Crippen LogP contribution in [-0.2, 0) is 4.79 Å². The molecule has 2 aliphatic heterocycles. The molecule has 1 saturated carbocycles. The second-order valence-electron chi connectivity index (χ2n) is 10.9. The molecule has 2 unspecified atom stereocenters. The maximum absolute atomic E-state index is 15.6. The molecule has 2 atom stereocenters. The number of nitrogen functional groups attached to an aromatic ring is 1. The molecule has 4 aromatic rings. The first-order chi connectivity index (χ1) is 19.4. The number of anilines is 2. The Labute approximate surface area is 228 Å². The lowest BCUT2D eigenvalue weighted by Gasteiger charge is -2.34. The van der Waals surface area contributed by atoms with Crippen molar-refractivity contribution in [2.75, 3.05) is 17.6 Å². The van der Waals surface area contributed by atoms with Crippen LogP contribution in [0, 0.1) is 11.8 Å². The fourth-order valence-corrected chi connectivity index (χ4v) is 6.09. The molecule has 0 bridgehead atoms. The quantitative estimate of drug-likeness (QED) is 0.378. The summed E-state index contributed by atoms with van der Waals surface area (Å²) >= 11 is 0. The number of nitrogens with two attached hydrogens (primary N) is 1. The largest absolute Gasteiger partial charge is 0.382 e. The van der Waals surface area contributed by atoms with Crippen LogP contribution in [0.3, 0.4) is 0 Å². The molecule has 204 valence electrons. The molecule has 7 rings (SSSR count). The van der Waals surface area contributed by atoms with Gasteiger partial charge in [-0.1, -0.05) is 0 Å². The van der Waals surface area contributed by atoms with Crippen molar-refractivity contribution in [1.29, 1.82) is 0 Å². The number of carbonyl (C=O) groups is 2. The first-order valence-electron chi connectivity index (χ1n) is 13.6. The average molecular weight is 544 g/mol. The first kappa shape index (κ1) is 24.6. The van der Waals surface area contributed by atoms with E-state index in [4.69, 9.17) is 10.7 Å². The van der Waals surface area contributed by atoms with Gasteiger partial charge in [-0.3, -0.25) is 14.0 Å². The third-order valence-corrected chi connectivity index (χ3v) is 8.31. The number of halogens is 2. The van der Waals surface area contributed by atoms with E-state index in [9.17, 15) is 9.59 Å². The van der Waals surface area contributed by atoms with E-state index >= 15 is 8.78 Å². The summed E-state index contributed by atoms with van der Waals surface area (Å²) in [5, 5.41) is 2.73. The number of nitrogens with zero attached hydrogens (tertiary/aromatic N) is 5. The summed E-state index contributed by atoms with van der Waals surface area (Å²) in [4.78, 5) is 40.0. The molecular weight excluding hydrogens is 516 g/mol. The van der Waals surface area contributed by atoms with Gasteiger partial charge >= 0.3 is 0 Å². The highest BCUT2D eigenvalue weighted by molar-refractivity contribution is 6.04. The van der Waals surface area contributed by atoms with Gasteiger partial charge < -0.3 is 16.0 Å². The number of pyridine rings is 1. The average Bonchev–Trinajstić information content (AvgIpc) is 3.64. The van der Waals surface area contributed by atoms with Gasteiger partial charge in [0.15, 0.2) is 0 Å². The Morgan fingerprint density at radius 2 is 1.85 bits per heavy atom. The number of hydrogen-bond acceptors (Lipinski definition) is 6. The predicted octanol–water partition coefficient (Wildman–Crippen LogP) is 4.65. The molecule has 3 aliphatic rings. The van der Waals surface area contributed by atoms with Gasteiger partial charge in [0.1, 0.15) is 34.5 Å². The summed E-state index contributed by atoms with van der Waals surface area (Å²) in [5.74, 6) is -0.755. The van der Waals surface area contributed by atoms with Crippen LogP contribution < -0.4 is 11.1 Å². The Hall–Kier alpha value is -4.41. The van der Waals surface area contributed by atoms with Crippen molar-refractivity contribution in [2.45, 2.75) is 56.4 Å². The van der Waals surface area contributed by atoms with Crippen LogP contribution >= 0.6 is 0 Å². The highest BCUT2D eigenvalue weighted by atomic mass is 19.1. The van der Waals surface area contributed by atoms with Crippen LogP contribution in [0.2, 0.25) is 0 Å². The van der Waals surface area contributed by atoms with Crippen molar-refractivity contribution in [3.63, 3.8) is 0 Å². The summed E-state index contributed by atoms with van der Waals surface area (Å²) in [6.07, 6.45) is 7.76. The number of benzene rings is 1. The van der Waals surface area contributed by atoms with Gasteiger partial charge in [-0.05, 0) is 73.9 Å². The zero-order valence-electron chi connectivity index (χ0n) is 21.6. The summed E-state index contributed by atoms with van der Waals surface area (Å²) in [6, 6.07) is 8.02. The lowest BCUT2D eigenvalue weighted by Crippen LogP contribution is -2.41. The lowest BCUT2D eigenvalue weighted by molar-refractivity contribution is -0.130. The summed E-state index contributed by atoms with van der Waals surface area (Å²) in [5.41, 5.74) is 7.75. The second kappa shape index (κ2) is 9.35. The molecule has 3 fully saturated rings. The van der Waals surface area contributed by atoms with Crippen molar-refractivity contribution in [1.82, 2.24) is 24.3 Å². The van der Waals surface area contributed by atoms with Gasteiger partial charge in [0.2, 0.25) is 11.9 Å². The minimum Gasteiger partial charge on any atom is -0.382 e. The van der Waals surface area contributed by atoms with Gasteiger partial charge in [-0.25, -0.2) is 19.3 Å². The molecule has 1 aromatic carbocycles. The Balaban J connectivity index is 1.22. The standard InChI is InChI=1S/C29H27F2N7O2/c30-21-11-17(29(40)35-23-12-16(9-10-33-23)15-1-2-15)4-7-20(21)25-26-27(32)34-13-22(31)38(26)28(36-25)18-3-5-19-6-8-24(39)37(19)14-18/h4,7,9-13,15,18-19H,1-3,5-6,8,14H2,(H2,32,34)(H,33,35,40). The number of rotatable bonds is 5. The Bertz CT molecular complexity index is 1680. The molecule has 2 saturated heterocycles. The normalized spacial score (nSPS) is 20.6. The lowest BCUT2D eigenvalue weighted by atomic mass is 9.92. The number of hydrogen-bond donors (Lipinski definition) is 2.